The second-order valence-corrected chi connectivity index (χ2v) is 4.50. The zero-order valence-corrected chi connectivity index (χ0v) is 11.3. The Morgan fingerprint density at radius 2 is 1.95 bits per heavy atom. The highest BCUT2D eigenvalue weighted by molar-refractivity contribution is 5.97. The standard InChI is InChI=1S/C16H14N2O3/c19-16(17-9-8-12-5-2-1-3-6-12)14-15(21-11-18-14)13-7-4-10-20-13/h1-7,10-11H,8-9H2,(H,17,19). The third kappa shape index (κ3) is 3.02. The van der Waals surface area contributed by atoms with Gasteiger partial charge in [-0.1, -0.05) is 30.3 Å². The van der Waals surface area contributed by atoms with Crippen LogP contribution in [0.3, 0.4) is 0 Å². The van der Waals surface area contributed by atoms with Gasteiger partial charge in [-0.15, -0.1) is 0 Å². The molecule has 0 saturated carbocycles. The van der Waals surface area contributed by atoms with Gasteiger partial charge in [-0.3, -0.25) is 4.79 Å². The largest absolute Gasteiger partial charge is 0.461 e. The molecule has 1 amide bonds. The van der Waals surface area contributed by atoms with Gasteiger partial charge in [-0.2, -0.15) is 0 Å². The summed E-state index contributed by atoms with van der Waals surface area (Å²) in [5.74, 6) is 0.559. The van der Waals surface area contributed by atoms with Crippen molar-refractivity contribution in [3.05, 3.63) is 66.4 Å². The zero-order chi connectivity index (χ0) is 14.5. The minimum absolute atomic E-state index is 0.234. The highest BCUT2D eigenvalue weighted by Crippen LogP contribution is 2.23. The molecular formula is C16H14N2O3. The molecule has 2 aromatic heterocycles. The molecule has 1 aromatic carbocycles. The Balaban J connectivity index is 1.63. The predicted octanol–water partition coefficient (Wildman–Crippen LogP) is 2.91. The molecule has 0 radical (unpaired) electrons. The van der Waals surface area contributed by atoms with E-state index in [2.05, 4.69) is 10.3 Å². The first-order chi connectivity index (χ1) is 10.3. The topological polar surface area (TPSA) is 68.3 Å². The van der Waals surface area contributed by atoms with E-state index in [9.17, 15) is 4.79 Å². The van der Waals surface area contributed by atoms with Gasteiger partial charge in [-0.25, -0.2) is 4.98 Å². The Labute approximate surface area is 121 Å². The molecule has 0 unspecified atom stereocenters. The van der Waals surface area contributed by atoms with Crippen molar-refractivity contribution in [2.45, 2.75) is 6.42 Å². The lowest BCUT2D eigenvalue weighted by Gasteiger charge is -2.04. The highest BCUT2D eigenvalue weighted by atomic mass is 16.4. The Hall–Kier alpha value is -2.82. The smallest absolute Gasteiger partial charge is 0.274 e. The fraction of sp³-hybridized carbons (Fsp3) is 0.125. The van der Waals surface area contributed by atoms with Crippen LogP contribution in [0.5, 0.6) is 0 Å². The van der Waals surface area contributed by atoms with Crippen molar-refractivity contribution in [3.63, 3.8) is 0 Å². The number of furan rings is 1. The molecule has 0 saturated heterocycles. The number of hydrogen-bond donors (Lipinski definition) is 1. The number of nitrogens with one attached hydrogen (secondary N) is 1. The second-order valence-electron chi connectivity index (χ2n) is 4.50. The van der Waals surface area contributed by atoms with Crippen LogP contribution in [-0.2, 0) is 6.42 Å². The number of nitrogens with zero attached hydrogens (tertiary/aromatic N) is 1. The molecule has 2 heterocycles. The number of benzene rings is 1. The Morgan fingerprint density at radius 1 is 1.10 bits per heavy atom. The van der Waals surface area contributed by atoms with E-state index >= 15 is 0 Å². The summed E-state index contributed by atoms with van der Waals surface area (Å²) in [5, 5.41) is 2.83. The highest BCUT2D eigenvalue weighted by Gasteiger charge is 2.19. The molecule has 0 atom stereocenters. The van der Waals surface area contributed by atoms with E-state index in [0.29, 0.717) is 18.1 Å². The van der Waals surface area contributed by atoms with E-state index in [-0.39, 0.29) is 11.6 Å². The predicted molar refractivity (Wildman–Crippen MR) is 76.7 cm³/mol. The summed E-state index contributed by atoms with van der Waals surface area (Å²) in [6.07, 6.45) is 3.53. The fourth-order valence-corrected chi connectivity index (χ4v) is 2.04. The number of rotatable bonds is 5. The second kappa shape index (κ2) is 6.09. The van der Waals surface area contributed by atoms with E-state index in [4.69, 9.17) is 8.83 Å². The molecule has 0 aliphatic rings. The molecule has 3 aromatic rings. The van der Waals surface area contributed by atoms with Crippen molar-refractivity contribution < 1.29 is 13.6 Å². The van der Waals surface area contributed by atoms with Crippen LogP contribution in [0.4, 0.5) is 0 Å². The van der Waals surface area contributed by atoms with Crippen LogP contribution in [0.15, 0.2) is 64.0 Å². The Bertz CT molecular complexity index is 702. The van der Waals surface area contributed by atoms with Crippen molar-refractivity contribution in [3.8, 4) is 11.5 Å². The van der Waals surface area contributed by atoms with Crippen molar-refractivity contribution >= 4 is 5.91 Å². The van der Waals surface area contributed by atoms with Crippen molar-refractivity contribution in [1.82, 2.24) is 10.3 Å². The molecule has 0 fully saturated rings. The lowest BCUT2D eigenvalue weighted by molar-refractivity contribution is 0.0950. The van der Waals surface area contributed by atoms with Crippen LogP contribution in [0.25, 0.3) is 11.5 Å². The van der Waals surface area contributed by atoms with E-state index in [1.165, 1.54) is 18.2 Å². The molecule has 0 spiro atoms. The first-order valence-corrected chi connectivity index (χ1v) is 6.64. The summed E-state index contributed by atoms with van der Waals surface area (Å²) < 4.78 is 10.5. The maximum Gasteiger partial charge on any atom is 0.274 e. The van der Waals surface area contributed by atoms with Crippen molar-refractivity contribution in [2.75, 3.05) is 6.54 Å². The third-order valence-corrected chi connectivity index (χ3v) is 3.07. The molecule has 106 valence electrons. The number of carbonyl (C=O) groups is 1. The molecule has 21 heavy (non-hydrogen) atoms. The van der Waals surface area contributed by atoms with Gasteiger partial charge in [0.25, 0.3) is 5.91 Å². The summed E-state index contributed by atoms with van der Waals surface area (Å²) in [4.78, 5) is 16.1. The van der Waals surface area contributed by atoms with Gasteiger partial charge in [-0.05, 0) is 24.1 Å². The van der Waals surface area contributed by atoms with Gasteiger partial charge >= 0.3 is 0 Å². The SMILES string of the molecule is O=C(NCCc1ccccc1)c1ncoc1-c1ccco1. The van der Waals surface area contributed by atoms with Crippen LogP contribution in [0.2, 0.25) is 0 Å². The summed E-state index contributed by atoms with van der Waals surface area (Å²) in [6, 6.07) is 13.4. The third-order valence-electron chi connectivity index (χ3n) is 3.07. The zero-order valence-electron chi connectivity index (χ0n) is 11.3. The average Bonchev–Trinajstić information content (AvgIpc) is 3.19. The molecule has 1 N–H and O–H groups in total. The van der Waals surface area contributed by atoms with E-state index in [1.807, 2.05) is 30.3 Å². The molecule has 0 bridgehead atoms. The molecule has 5 nitrogen and oxygen atoms in total. The molecule has 0 aliphatic carbocycles. The monoisotopic (exact) mass is 282 g/mol. The van der Waals surface area contributed by atoms with Crippen LogP contribution >= 0.6 is 0 Å². The summed E-state index contributed by atoms with van der Waals surface area (Å²) in [6.45, 7) is 0.535. The van der Waals surface area contributed by atoms with Gasteiger partial charge in [0.15, 0.2) is 17.8 Å². The summed E-state index contributed by atoms with van der Waals surface area (Å²) in [5.41, 5.74) is 1.40. The normalized spacial score (nSPS) is 10.5. The maximum atomic E-state index is 12.1. The number of hydrogen-bond acceptors (Lipinski definition) is 4. The van der Waals surface area contributed by atoms with E-state index < -0.39 is 0 Å². The fourth-order valence-electron chi connectivity index (χ4n) is 2.04. The Morgan fingerprint density at radius 3 is 2.71 bits per heavy atom. The molecule has 0 aliphatic heterocycles. The van der Waals surface area contributed by atoms with E-state index in [1.54, 1.807) is 12.1 Å². The molecular weight excluding hydrogens is 268 g/mol. The van der Waals surface area contributed by atoms with Gasteiger partial charge in [0.05, 0.1) is 6.26 Å². The van der Waals surface area contributed by atoms with Crippen LogP contribution in [-0.4, -0.2) is 17.4 Å². The molecule has 3 rings (SSSR count). The first kappa shape index (κ1) is 13.2. The number of aromatic nitrogens is 1. The number of amides is 1. The summed E-state index contributed by atoms with van der Waals surface area (Å²) in [7, 11) is 0. The van der Waals surface area contributed by atoms with Crippen LogP contribution in [0.1, 0.15) is 16.1 Å². The lowest BCUT2D eigenvalue weighted by atomic mass is 10.1. The average molecular weight is 282 g/mol. The minimum Gasteiger partial charge on any atom is -0.461 e. The maximum absolute atomic E-state index is 12.1. The number of oxazole rings is 1. The Kier molecular flexibility index (Phi) is 3.82. The lowest BCUT2D eigenvalue weighted by Crippen LogP contribution is -2.26. The van der Waals surface area contributed by atoms with Crippen LogP contribution in [0, 0.1) is 0 Å². The quantitative estimate of drug-likeness (QED) is 0.781. The van der Waals surface area contributed by atoms with Gasteiger partial charge in [0.2, 0.25) is 5.76 Å². The minimum atomic E-state index is -0.272. The number of carbonyl (C=O) groups excluding carboxylic acids is 1. The van der Waals surface area contributed by atoms with E-state index in [0.717, 1.165) is 6.42 Å². The van der Waals surface area contributed by atoms with Crippen LogP contribution < -0.4 is 5.32 Å². The molecule has 5 heteroatoms. The van der Waals surface area contributed by atoms with Gasteiger partial charge in [0.1, 0.15) is 0 Å². The van der Waals surface area contributed by atoms with Gasteiger partial charge in [0, 0.05) is 6.54 Å². The van der Waals surface area contributed by atoms with Gasteiger partial charge < -0.3 is 14.2 Å². The summed E-state index contributed by atoms with van der Waals surface area (Å²) >= 11 is 0. The van der Waals surface area contributed by atoms with Crippen molar-refractivity contribution in [1.29, 1.82) is 0 Å². The van der Waals surface area contributed by atoms with Crippen molar-refractivity contribution in [2.24, 2.45) is 0 Å². The first-order valence-electron chi connectivity index (χ1n) is 6.64.